The Bertz CT molecular complexity index is 511. The van der Waals surface area contributed by atoms with Crippen LogP contribution in [0.25, 0.3) is 0 Å². The highest BCUT2D eigenvalue weighted by Gasteiger charge is 2.10. The van der Waals surface area contributed by atoms with Gasteiger partial charge in [0.2, 0.25) is 0 Å². The van der Waals surface area contributed by atoms with Gasteiger partial charge < -0.3 is 5.32 Å². The van der Waals surface area contributed by atoms with Gasteiger partial charge in [0.1, 0.15) is 5.15 Å². The van der Waals surface area contributed by atoms with Gasteiger partial charge in [0, 0.05) is 0 Å². The summed E-state index contributed by atoms with van der Waals surface area (Å²) in [4.78, 5) is 15.6. The highest BCUT2D eigenvalue weighted by molar-refractivity contribution is 6.29. The molecule has 0 atom stereocenters. The minimum Gasteiger partial charge on any atom is -0.319 e. The van der Waals surface area contributed by atoms with Gasteiger partial charge in [-0.1, -0.05) is 11.6 Å². The second-order valence-corrected chi connectivity index (χ2v) is 3.46. The minimum absolute atomic E-state index is 0.217. The van der Waals surface area contributed by atoms with E-state index in [1.807, 2.05) is 0 Å². The first-order chi connectivity index (χ1) is 7.66. The molecule has 0 aliphatic rings. The number of halogens is 1. The van der Waals surface area contributed by atoms with Crippen LogP contribution in [-0.4, -0.2) is 26.3 Å². The van der Waals surface area contributed by atoms with Gasteiger partial charge >= 0.3 is 0 Å². The molecule has 1 amide bonds. The Morgan fingerprint density at radius 3 is 2.94 bits per heavy atom. The largest absolute Gasteiger partial charge is 0.319 e. The third-order valence-electron chi connectivity index (χ3n) is 1.95. The van der Waals surface area contributed by atoms with Crippen LogP contribution in [0, 0.1) is 6.92 Å². The molecule has 0 bridgehead atoms. The van der Waals surface area contributed by atoms with Crippen molar-refractivity contribution in [3.63, 3.8) is 0 Å². The van der Waals surface area contributed by atoms with Crippen molar-refractivity contribution in [1.82, 2.24) is 20.4 Å². The van der Waals surface area contributed by atoms with Gasteiger partial charge in [-0.3, -0.25) is 4.79 Å². The fourth-order valence-corrected chi connectivity index (χ4v) is 1.35. The number of amides is 1. The zero-order valence-electron chi connectivity index (χ0n) is 8.36. The molecule has 0 aromatic carbocycles. The van der Waals surface area contributed by atoms with E-state index in [-0.39, 0.29) is 11.6 Å². The van der Waals surface area contributed by atoms with Gasteiger partial charge in [-0.15, -0.1) is 0 Å². The van der Waals surface area contributed by atoms with Crippen molar-refractivity contribution in [2.24, 2.45) is 0 Å². The summed E-state index contributed by atoms with van der Waals surface area (Å²) in [5.74, 6) is -0.346. The first-order valence-corrected chi connectivity index (χ1v) is 4.85. The molecule has 6 nitrogen and oxygen atoms in total. The van der Waals surface area contributed by atoms with E-state index in [0.29, 0.717) is 16.5 Å². The van der Waals surface area contributed by atoms with Crippen LogP contribution in [0.15, 0.2) is 18.3 Å². The van der Waals surface area contributed by atoms with Crippen LogP contribution in [0.1, 0.15) is 16.2 Å². The number of H-pyrrole nitrogens is 1. The number of hydrogen-bond donors (Lipinski definition) is 2. The van der Waals surface area contributed by atoms with E-state index < -0.39 is 0 Å². The van der Waals surface area contributed by atoms with E-state index in [0.717, 1.165) is 0 Å². The number of nitrogens with one attached hydrogen (secondary N) is 2. The van der Waals surface area contributed by atoms with Crippen molar-refractivity contribution in [3.8, 4) is 0 Å². The first kappa shape index (κ1) is 10.6. The van der Waals surface area contributed by atoms with E-state index in [1.165, 1.54) is 6.20 Å². The topological polar surface area (TPSA) is 83.6 Å². The summed E-state index contributed by atoms with van der Waals surface area (Å²) in [7, 11) is 0. The predicted octanol–water partition coefficient (Wildman–Crippen LogP) is 1.41. The van der Waals surface area contributed by atoms with Crippen molar-refractivity contribution < 1.29 is 4.79 Å². The van der Waals surface area contributed by atoms with Gasteiger partial charge in [0.15, 0.2) is 5.69 Å². The maximum Gasteiger partial charge on any atom is 0.277 e. The molecule has 0 saturated heterocycles. The fraction of sp³-hybridized carbons (Fsp3) is 0.111. The lowest BCUT2D eigenvalue weighted by molar-refractivity contribution is 0.102. The zero-order chi connectivity index (χ0) is 11.5. The van der Waals surface area contributed by atoms with Gasteiger partial charge in [-0.05, 0) is 19.1 Å². The van der Waals surface area contributed by atoms with Crippen molar-refractivity contribution in [1.29, 1.82) is 0 Å². The highest BCUT2D eigenvalue weighted by atomic mass is 35.5. The Morgan fingerprint density at radius 1 is 1.50 bits per heavy atom. The smallest absolute Gasteiger partial charge is 0.277 e. The number of nitrogens with zero attached hydrogens (tertiary/aromatic N) is 3. The van der Waals surface area contributed by atoms with Gasteiger partial charge in [-0.25, -0.2) is 4.98 Å². The summed E-state index contributed by atoms with van der Waals surface area (Å²) in [6.07, 6.45) is 1.34. The van der Waals surface area contributed by atoms with Crippen LogP contribution in [0.3, 0.4) is 0 Å². The molecule has 0 unspecified atom stereocenters. The molecule has 7 heteroatoms. The summed E-state index contributed by atoms with van der Waals surface area (Å²) in [5, 5.41) is 12.6. The first-order valence-electron chi connectivity index (χ1n) is 4.47. The molecule has 2 aromatic rings. The third-order valence-corrected chi connectivity index (χ3v) is 2.16. The summed E-state index contributed by atoms with van der Waals surface area (Å²) >= 11 is 5.70. The molecule has 2 aromatic heterocycles. The summed E-state index contributed by atoms with van der Waals surface area (Å²) in [6, 6.07) is 3.29. The van der Waals surface area contributed by atoms with Crippen LogP contribution < -0.4 is 5.32 Å². The standard InChI is InChI=1S/C9H8ClN5O/c1-5-6(2-3-8(10)12-5)13-9(16)7-4-11-15-14-7/h2-4H,1H3,(H,13,16)(H,11,14,15). The van der Waals surface area contributed by atoms with Crippen molar-refractivity contribution >= 4 is 23.2 Å². The van der Waals surface area contributed by atoms with Gasteiger partial charge in [0.25, 0.3) is 5.91 Å². The van der Waals surface area contributed by atoms with Crippen LogP contribution in [-0.2, 0) is 0 Å². The van der Waals surface area contributed by atoms with Crippen molar-refractivity contribution in [2.45, 2.75) is 6.92 Å². The molecule has 0 aliphatic carbocycles. The van der Waals surface area contributed by atoms with Crippen molar-refractivity contribution in [2.75, 3.05) is 5.32 Å². The highest BCUT2D eigenvalue weighted by Crippen LogP contribution is 2.16. The molecule has 16 heavy (non-hydrogen) atoms. The third kappa shape index (κ3) is 2.17. The number of aromatic nitrogens is 4. The van der Waals surface area contributed by atoms with E-state index in [9.17, 15) is 4.79 Å². The molecular formula is C9H8ClN5O. The van der Waals surface area contributed by atoms with E-state index in [4.69, 9.17) is 11.6 Å². The number of anilines is 1. The van der Waals surface area contributed by atoms with Crippen molar-refractivity contribution in [3.05, 3.63) is 34.9 Å². The summed E-state index contributed by atoms with van der Waals surface area (Å²) in [6.45, 7) is 1.75. The minimum atomic E-state index is -0.346. The van der Waals surface area contributed by atoms with Crippen LogP contribution in [0.2, 0.25) is 5.15 Å². The summed E-state index contributed by atoms with van der Waals surface area (Å²) in [5.41, 5.74) is 1.45. The van der Waals surface area contributed by atoms with E-state index in [1.54, 1.807) is 19.1 Å². The number of hydrogen-bond acceptors (Lipinski definition) is 4. The molecule has 0 radical (unpaired) electrons. The Balaban J connectivity index is 2.18. The molecule has 2 heterocycles. The fourth-order valence-electron chi connectivity index (χ4n) is 1.16. The normalized spacial score (nSPS) is 10.1. The Labute approximate surface area is 96.0 Å². The molecule has 0 aliphatic heterocycles. The van der Waals surface area contributed by atoms with Crippen LogP contribution >= 0.6 is 11.6 Å². The number of rotatable bonds is 2. The number of aromatic amines is 1. The predicted molar refractivity (Wildman–Crippen MR) is 58.3 cm³/mol. The maximum absolute atomic E-state index is 11.6. The lowest BCUT2D eigenvalue weighted by Gasteiger charge is -2.05. The number of aryl methyl sites for hydroxylation is 1. The maximum atomic E-state index is 11.6. The Kier molecular flexibility index (Phi) is 2.82. The molecule has 0 fully saturated rings. The molecule has 82 valence electrons. The Morgan fingerprint density at radius 2 is 2.31 bits per heavy atom. The average Bonchev–Trinajstić information content (AvgIpc) is 2.75. The van der Waals surface area contributed by atoms with Crippen LogP contribution in [0.4, 0.5) is 5.69 Å². The lowest BCUT2D eigenvalue weighted by Crippen LogP contribution is -2.13. The van der Waals surface area contributed by atoms with E-state index in [2.05, 4.69) is 25.7 Å². The number of carbonyl (C=O) groups excluding carboxylic acids is 1. The Hall–Kier alpha value is -1.95. The summed E-state index contributed by atoms with van der Waals surface area (Å²) < 4.78 is 0. The lowest BCUT2D eigenvalue weighted by atomic mass is 10.3. The van der Waals surface area contributed by atoms with Gasteiger partial charge in [-0.2, -0.15) is 15.4 Å². The van der Waals surface area contributed by atoms with Crippen LogP contribution in [0.5, 0.6) is 0 Å². The average molecular weight is 238 g/mol. The second kappa shape index (κ2) is 4.28. The quantitative estimate of drug-likeness (QED) is 0.774. The SMILES string of the molecule is Cc1nc(Cl)ccc1NC(=O)c1cn[nH]n1. The zero-order valence-corrected chi connectivity index (χ0v) is 9.12. The number of carbonyl (C=O) groups is 1. The number of pyridine rings is 1. The molecule has 2 N–H and O–H groups in total. The molecule has 2 rings (SSSR count). The van der Waals surface area contributed by atoms with Gasteiger partial charge in [0.05, 0.1) is 17.6 Å². The monoisotopic (exact) mass is 237 g/mol. The van der Waals surface area contributed by atoms with E-state index >= 15 is 0 Å². The molecular weight excluding hydrogens is 230 g/mol. The second-order valence-electron chi connectivity index (χ2n) is 3.08. The molecule has 0 spiro atoms. The molecule has 0 saturated carbocycles.